The number of ether oxygens (including phenoxy) is 3. The minimum absolute atomic E-state index is 0.272. The van der Waals surface area contributed by atoms with Crippen LogP contribution in [-0.2, 0) is 14.3 Å². The average Bonchev–Trinajstić information content (AvgIpc) is 2.52. The van der Waals surface area contributed by atoms with Crippen molar-refractivity contribution in [3.63, 3.8) is 0 Å². The first kappa shape index (κ1) is 16.8. The topological polar surface area (TPSA) is 61.8 Å². The quantitative estimate of drug-likeness (QED) is 0.439. The van der Waals surface area contributed by atoms with Crippen LogP contribution in [0, 0.1) is 0 Å². The van der Waals surface area contributed by atoms with Crippen LogP contribution < -0.4 is 9.47 Å². The Balaban J connectivity index is 3.01. The van der Waals surface area contributed by atoms with Gasteiger partial charge in [0.25, 0.3) is 0 Å². The molecule has 0 bridgehead atoms. The number of hydrogen-bond donors (Lipinski definition) is 0. The first-order valence-electron chi connectivity index (χ1n) is 6.76. The molecule has 0 aliphatic heterocycles. The number of methoxy groups -OCH3 is 1. The van der Waals surface area contributed by atoms with Crippen LogP contribution in [0.4, 0.5) is 0 Å². The van der Waals surface area contributed by atoms with Crippen LogP contribution in [0.25, 0.3) is 0 Å². The van der Waals surface area contributed by atoms with Crippen molar-refractivity contribution in [3.8, 4) is 11.5 Å². The summed E-state index contributed by atoms with van der Waals surface area (Å²) in [7, 11) is 1.48. The van der Waals surface area contributed by atoms with Crippen molar-refractivity contribution in [2.75, 3.05) is 7.11 Å². The fourth-order valence-electron chi connectivity index (χ4n) is 1.62. The van der Waals surface area contributed by atoms with Crippen molar-refractivity contribution in [2.45, 2.75) is 32.8 Å². The lowest BCUT2D eigenvalue weighted by Crippen LogP contribution is -2.10. The minimum atomic E-state index is -0.567. The fraction of sp³-hybridized carbons (Fsp3) is 0.375. The molecule has 0 aliphatic rings. The third-order valence-electron chi connectivity index (χ3n) is 2.79. The number of carbonyl (C=O) groups excluding carboxylic acids is 2. The van der Waals surface area contributed by atoms with Crippen LogP contribution in [0.15, 0.2) is 30.9 Å². The van der Waals surface area contributed by atoms with Crippen LogP contribution in [0.5, 0.6) is 11.5 Å². The zero-order valence-electron chi connectivity index (χ0n) is 12.5. The van der Waals surface area contributed by atoms with Gasteiger partial charge in [-0.2, -0.15) is 0 Å². The second-order valence-electron chi connectivity index (χ2n) is 4.24. The van der Waals surface area contributed by atoms with E-state index in [4.69, 9.17) is 14.2 Å². The molecule has 0 amide bonds. The van der Waals surface area contributed by atoms with Gasteiger partial charge in [-0.15, -0.1) is 0 Å². The Morgan fingerprint density at radius 1 is 1.19 bits per heavy atom. The maximum atomic E-state index is 11.4. The average molecular weight is 292 g/mol. The second kappa shape index (κ2) is 8.09. The van der Waals surface area contributed by atoms with E-state index in [9.17, 15) is 9.59 Å². The van der Waals surface area contributed by atoms with Gasteiger partial charge in [0.2, 0.25) is 0 Å². The summed E-state index contributed by atoms with van der Waals surface area (Å²) in [6.45, 7) is 7.09. The van der Waals surface area contributed by atoms with Gasteiger partial charge in [-0.3, -0.25) is 9.59 Å². The summed E-state index contributed by atoms with van der Waals surface area (Å²) in [4.78, 5) is 22.7. The molecule has 0 saturated carbocycles. The Bertz CT molecular complexity index is 521. The maximum Gasteiger partial charge on any atom is 0.311 e. The van der Waals surface area contributed by atoms with Gasteiger partial charge in [-0.1, -0.05) is 26.5 Å². The summed E-state index contributed by atoms with van der Waals surface area (Å²) in [5, 5.41) is 0. The van der Waals surface area contributed by atoms with Crippen LogP contribution >= 0.6 is 0 Å². The van der Waals surface area contributed by atoms with Gasteiger partial charge < -0.3 is 14.2 Å². The Morgan fingerprint density at radius 2 is 1.86 bits per heavy atom. The van der Waals surface area contributed by atoms with E-state index in [1.807, 2.05) is 0 Å². The number of benzene rings is 1. The molecule has 1 unspecified atom stereocenters. The molecular weight excluding hydrogens is 272 g/mol. The molecule has 0 heterocycles. The van der Waals surface area contributed by atoms with Crippen LogP contribution in [0.1, 0.15) is 38.4 Å². The lowest BCUT2D eigenvalue weighted by Gasteiger charge is -2.16. The normalized spacial score (nSPS) is 11.4. The summed E-state index contributed by atoms with van der Waals surface area (Å²) < 4.78 is 15.6. The van der Waals surface area contributed by atoms with Crippen LogP contribution in [0.3, 0.4) is 0 Å². The monoisotopic (exact) mass is 292 g/mol. The zero-order chi connectivity index (χ0) is 15.8. The van der Waals surface area contributed by atoms with Crippen molar-refractivity contribution >= 4 is 11.9 Å². The van der Waals surface area contributed by atoms with E-state index in [0.717, 1.165) is 0 Å². The van der Waals surface area contributed by atoms with Crippen molar-refractivity contribution < 1.29 is 23.8 Å². The summed E-state index contributed by atoms with van der Waals surface area (Å²) in [6, 6.07) is 4.97. The van der Waals surface area contributed by atoms with E-state index in [-0.39, 0.29) is 24.8 Å². The molecule has 21 heavy (non-hydrogen) atoms. The highest BCUT2D eigenvalue weighted by atomic mass is 16.6. The molecule has 5 heteroatoms. The maximum absolute atomic E-state index is 11.4. The summed E-state index contributed by atoms with van der Waals surface area (Å²) >= 11 is 0. The summed E-state index contributed by atoms with van der Waals surface area (Å²) in [5.41, 5.74) is 0.694. The van der Waals surface area contributed by atoms with Crippen LogP contribution in [0.2, 0.25) is 0 Å². The van der Waals surface area contributed by atoms with Crippen molar-refractivity contribution in [1.29, 1.82) is 0 Å². The molecule has 0 aromatic heterocycles. The standard InChI is InChI=1S/C16H20O5/c1-5-12(20-15(17)6-2)11-8-9-13(14(10-11)19-4)21-16(18)7-3/h5,8-10,12H,1,6-7H2,2-4H3. The largest absolute Gasteiger partial charge is 0.493 e. The molecule has 0 N–H and O–H groups in total. The van der Waals surface area contributed by atoms with Gasteiger partial charge in [-0.05, 0) is 18.2 Å². The molecule has 1 aromatic rings. The van der Waals surface area contributed by atoms with Gasteiger partial charge >= 0.3 is 11.9 Å². The third kappa shape index (κ3) is 4.63. The molecule has 114 valence electrons. The van der Waals surface area contributed by atoms with E-state index >= 15 is 0 Å². The number of rotatable bonds is 7. The molecule has 0 aliphatic carbocycles. The highest BCUT2D eigenvalue weighted by molar-refractivity contribution is 5.73. The van der Waals surface area contributed by atoms with E-state index in [1.165, 1.54) is 13.2 Å². The first-order valence-corrected chi connectivity index (χ1v) is 6.76. The Labute approximate surface area is 124 Å². The Hall–Kier alpha value is -2.30. The van der Waals surface area contributed by atoms with Crippen LogP contribution in [-0.4, -0.2) is 19.0 Å². The highest BCUT2D eigenvalue weighted by Gasteiger charge is 2.16. The summed E-state index contributed by atoms with van der Waals surface area (Å²) in [5.74, 6) is 0.0607. The number of hydrogen-bond acceptors (Lipinski definition) is 5. The molecule has 1 atom stereocenters. The Kier molecular flexibility index (Phi) is 6.46. The Morgan fingerprint density at radius 3 is 2.38 bits per heavy atom. The van der Waals surface area contributed by atoms with Crippen molar-refractivity contribution in [3.05, 3.63) is 36.4 Å². The molecule has 1 aromatic carbocycles. The summed E-state index contributed by atoms with van der Waals surface area (Å²) in [6.07, 6.45) is 1.52. The SMILES string of the molecule is C=CC(OC(=O)CC)c1ccc(OC(=O)CC)c(OC)c1. The molecule has 0 spiro atoms. The molecule has 0 saturated heterocycles. The number of carbonyl (C=O) groups is 2. The fourth-order valence-corrected chi connectivity index (χ4v) is 1.62. The predicted octanol–water partition coefficient (Wildman–Crippen LogP) is 3.19. The minimum Gasteiger partial charge on any atom is -0.493 e. The van der Waals surface area contributed by atoms with E-state index in [1.54, 1.807) is 32.0 Å². The van der Waals surface area contributed by atoms with Gasteiger partial charge in [0.15, 0.2) is 11.5 Å². The zero-order valence-corrected chi connectivity index (χ0v) is 12.5. The van der Waals surface area contributed by atoms with Gasteiger partial charge in [0.1, 0.15) is 6.10 Å². The smallest absolute Gasteiger partial charge is 0.311 e. The van der Waals surface area contributed by atoms with E-state index in [2.05, 4.69) is 6.58 Å². The van der Waals surface area contributed by atoms with E-state index in [0.29, 0.717) is 17.1 Å². The van der Waals surface area contributed by atoms with Gasteiger partial charge in [0, 0.05) is 18.4 Å². The molecule has 0 fully saturated rings. The molecule has 1 rings (SSSR count). The lowest BCUT2D eigenvalue weighted by molar-refractivity contribution is -0.146. The first-order chi connectivity index (χ1) is 10.0. The van der Waals surface area contributed by atoms with E-state index < -0.39 is 6.10 Å². The predicted molar refractivity (Wildman–Crippen MR) is 78.2 cm³/mol. The van der Waals surface area contributed by atoms with Crippen molar-refractivity contribution in [1.82, 2.24) is 0 Å². The van der Waals surface area contributed by atoms with Gasteiger partial charge in [0.05, 0.1) is 7.11 Å². The second-order valence-corrected chi connectivity index (χ2v) is 4.24. The van der Waals surface area contributed by atoms with Crippen molar-refractivity contribution in [2.24, 2.45) is 0 Å². The molecule has 0 radical (unpaired) electrons. The molecule has 5 nitrogen and oxygen atoms in total. The third-order valence-corrected chi connectivity index (χ3v) is 2.79. The lowest BCUT2D eigenvalue weighted by atomic mass is 10.1. The highest BCUT2D eigenvalue weighted by Crippen LogP contribution is 2.32. The molecular formula is C16H20O5. The van der Waals surface area contributed by atoms with Gasteiger partial charge in [-0.25, -0.2) is 0 Å². The number of esters is 2.